The molecule has 0 aromatic heterocycles. The summed E-state index contributed by atoms with van der Waals surface area (Å²) in [5, 5.41) is 1.34. The third-order valence-corrected chi connectivity index (χ3v) is 3.22. The minimum absolute atomic E-state index is 0.327. The minimum Gasteiger partial charge on any atom is -0.494 e. The third-order valence-electron chi connectivity index (χ3n) is 2.72. The van der Waals surface area contributed by atoms with Gasteiger partial charge in [0.15, 0.2) is 0 Å². The zero-order valence-electron chi connectivity index (χ0n) is 13.4. The maximum atomic E-state index is 11.6. The van der Waals surface area contributed by atoms with Crippen LogP contribution < -0.4 is 20.6 Å². The maximum absolute atomic E-state index is 11.6. The molecule has 0 fully saturated rings. The molecule has 0 heterocycles. The summed E-state index contributed by atoms with van der Waals surface area (Å²) in [5.74, 6) is -0.0291. The van der Waals surface area contributed by atoms with E-state index >= 15 is 0 Å². The van der Waals surface area contributed by atoms with E-state index in [4.69, 9.17) is 27.4 Å². The van der Waals surface area contributed by atoms with Gasteiger partial charge in [0.1, 0.15) is 22.9 Å². The Balaban J connectivity index is 2.96. The topological polar surface area (TPSA) is 93.9 Å². The molecule has 0 unspecified atom stereocenters. The van der Waals surface area contributed by atoms with Crippen molar-refractivity contribution in [2.75, 3.05) is 20.3 Å². The van der Waals surface area contributed by atoms with Crippen LogP contribution in [0.25, 0.3) is 0 Å². The lowest BCUT2D eigenvalue weighted by Gasteiger charge is -2.22. The minimum atomic E-state index is -0.713. The molecule has 0 aliphatic rings. The Hall–Kier alpha value is -2.35. The molecule has 7 nitrogen and oxygen atoms in total. The summed E-state index contributed by atoms with van der Waals surface area (Å²) >= 11 is 5.38. The fourth-order valence-corrected chi connectivity index (χ4v) is 2.04. The van der Waals surface area contributed by atoms with Gasteiger partial charge in [-0.3, -0.25) is 20.0 Å². The second-order valence-electron chi connectivity index (χ2n) is 4.57. The quantitative estimate of drug-likeness (QED) is 0.437. The number of nitrogens with zero attached hydrogens (tertiary/aromatic N) is 1. The predicted molar refractivity (Wildman–Crippen MR) is 90.2 cm³/mol. The van der Waals surface area contributed by atoms with Gasteiger partial charge in [-0.2, -0.15) is 0 Å². The predicted octanol–water partition coefficient (Wildman–Crippen LogP) is 0.998. The smallest absolute Gasteiger partial charge is 0.247 e. The molecule has 1 aromatic rings. The van der Waals surface area contributed by atoms with Crippen molar-refractivity contribution in [2.24, 2.45) is 5.73 Å². The molecule has 0 saturated heterocycles. The lowest BCUT2D eigenvalue weighted by atomic mass is 10.2. The summed E-state index contributed by atoms with van der Waals surface area (Å²) in [6.07, 6.45) is -0.412. The second-order valence-corrected chi connectivity index (χ2v) is 4.95. The Morgan fingerprint density at radius 3 is 2.48 bits per heavy atom. The molecule has 0 aliphatic carbocycles. The van der Waals surface area contributed by atoms with Crippen molar-refractivity contribution >= 4 is 29.0 Å². The molecule has 3 N–H and O–H groups in total. The number of benzene rings is 1. The lowest BCUT2D eigenvalue weighted by Crippen LogP contribution is -2.44. The molecule has 2 amide bonds. The van der Waals surface area contributed by atoms with Crippen molar-refractivity contribution in [1.29, 1.82) is 0 Å². The molecule has 0 spiro atoms. The van der Waals surface area contributed by atoms with Crippen molar-refractivity contribution in [3.63, 3.8) is 0 Å². The number of rotatable bonds is 7. The van der Waals surface area contributed by atoms with Crippen LogP contribution in [0.1, 0.15) is 25.8 Å². The van der Waals surface area contributed by atoms with Crippen LogP contribution in [0.4, 0.5) is 0 Å². The Morgan fingerprint density at radius 2 is 1.91 bits per heavy atom. The second kappa shape index (κ2) is 8.94. The van der Waals surface area contributed by atoms with Crippen molar-refractivity contribution in [3.05, 3.63) is 23.8 Å². The monoisotopic (exact) mass is 339 g/mol. The number of carbonyl (C=O) groups is 2. The SMILES string of the molecule is CCOc1ccc(OCC)c(C(=S)N(C)NC(=O)CC(N)=O)c1. The summed E-state index contributed by atoms with van der Waals surface area (Å²) < 4.78 is 11.0. The van der Waals surface area contributed by atoms with Gasteiger partial charge in [0.2, 0.25) is 11.8 Å². The first-order valence-electron chi connectivity index (χ1n) is 7.14. The Labute approximate surface area is 140 Å². The summed E-state index contributed by atoms with van der Waals surface area (Å²) in [6, 6.07) is 5.29. The number of hydrogen-bond acceptors (Lipinski definition) is 5. The number of carbonyl (C=O) groups excluding carboxylic acids is 2. The number of ether oxygens (including phenoxy) is 2. The van der Waals surface area contributed by atoms with Gasteiger partial charge < -0.3 is 15.2 Å². The van der Waals surface area contributed by atoms with E-state index in [2.05, 4.69) is 5.43 Å². The number of nitrogens with one attached hydrogen (secondary N) is 1. The summed E-state index contributed by atoms with van der Waals surface area (Å²) in [6.45, 7) is 4.74. The van der Waals surface area contributed by atoms with Crippen LogP contribution in [-0.2, 0) is 9.59 Å². The van der Waals surface area contributed by atoms with Gasteiger partial charge in [-0.1, -0.05) is 12.2 Å². The highest BCUT2D eigenvalue weighted by atomic mass is 32.1. The summed E-state index contributed by atoms with van der Waals surface area (Å²) in [7, 11) is 1.57. The van der Waals surface area contributed by atoms with Crippen molar-refractivity contribution in [1.82, 2.24) is 10.4 Å². The lowest BCUT2D eigenvalue weighted by molar-refractivity contribution is -0.129. The van der Waals surface area contributed by atoms with Crippen LogP contribution in [-0.4, -0.2) is 42.1 Å². The molecule has 23 heavy (non-hydrogen) atoms. The van der Waals surface area contributed by atoms with E-state index < -0.39 is 18.2 Å². The molecule has 0 atom stereocenters. The number of thiocarbonyl (C=S) groups is 1. The number of amides is 2. The van der Waals surface area contributed by atoms with Crippen molar-refractivity contribution < 1.29 is 19.1 Å². The molecule has 1 rings (SSSR count). The Bertz CT molecular complexity index is 592. The maximum Gasteiger partial charge on any atom is 0.247 e. The van der Waals surface area contributed by atoms with Gasteiger partial charge in [-0.05, 0) is 32.0 Å². The van der Waals surface area contributed by atoms with E-state index in [0.29, 0.717) is 35.3 Å². The van der Waals surface area contributed by atoms with Gasteiger partial charge in [-0.15, -0.1) is 0 Å². The Kier molecular flexibility index (Phi) is 7.27. The van der Waals surface area contributed by atoms with Crippen LogP contribution in [0.5, 0.6) is 11.5 Å². The molecule has 0 radical (unpaired) electrons. The van der Waals surface area contributed by atoms with E-state index in [1.807, 2.05) is 13.8 Å². The largest absolute Gasteiger partial charge is 0.494 e. The van der Waals surface area contributed by atoms with E-state index in [1.165, 1.54) is 5.01 Å². The van der Waals surface area contributed by atoms with Crippen molar-refractivity contribution in [3.8, 4) is 11.5 Å². The highest BCUT2D eigenvalue weighted by molar-refractivity contribution is 7.80. The first-order chi connectivity index (χ1) is 10.9. The zero-order valence-corrected chi connectivity index (χ0v) is 14.2. The number of hydrazine groups is 1. The van der Waals surface area contributed by atoms with Crippen LogP contribution in [0, 0.1) is 0 Å². The normalized spacial score (nSPS) is 9.87. The number of hydrogen-bond donors (Lipinski definition) is 2. The molecule has 8 heteroatoms. The molecule has 0 saturated carbocycles. The van der Waals surface area contributed by atoms with E-state index in [0.717, 1.165) is 0 Å². The first kappa shape index (κ1) is 18.7. The van der Waals surface area contributed by atoms with Gasteiger partial charge in [0.05, 0.1) is 18.8 Å². The van der Waals surface area contributed by atoms with Crippen LogP contribution in [0.15, 0.2) is 18.2 Å². The third kappa shape index (κ3) is 5.74. The molecule has 1 aromatic carbocycles. The van der Waals surface area contributed by atoms with E-state index in [-0.39, 0.29) is 0 Å². The highest BCUT2D eigenvalue weighted by Gasteiger charge is 2.17. The zero-order chi connectivity index (χ0) is 17.4. The van der Waals surface area contributed by atoms with Gasteiger partial charge in [0.25, 0.3) is 0 Å². The van der Waals surface area contributed by atoms with E-state index in [9.17, 15) is 9.59 Å². The average molecular weight is 339 g/mol. The highest BCUT2D eigenvalue weighted by Crippen LogP contribution is 2.26. The summed E-state index contributed by atoms with van der Waals surface area (Å²) in [5.41, 5.74) is 8.08. The molecule has 0 bridgehead atoms. The first-order valence-corrected chi connectivity index (χ1v) is 7.55. The van der Waals surface area contributed by atoms with E-state index in [1.54, 1.807) is 25.2 Å². The van der Waals surface area contributed by atoms with Crippen LogP contribution in [0.2, 0.25) is 0 Å². The molecular weight excluding hydrogens is 318 g/mol. The number of primary amides is 1. The van der Waals surface area contributed by atoms with Gasteiger partial charge in [-0.25, -0.2) is 0 Å². The van der Waals surface area contributed by atoms with Gasteiger partial charge in [0, 0.05) is 7.05 Å². The average Bonchev–Trinajstić information content (AvgIpc) is 2.47. The van der Waals surface area contributed by atoms with Gasteiger partial charge >= 0.3 is 0 Å². The van der Waals surface area contributed by atoms with Crippen LogP contribution in [0.3, 0.4) is 0 Å². The molecular formula is C15H21N3O4S. The summed E-state index contributed by atoms with van der Waals surface area (Å²) in [4.78, 5) is 22.7. The molecule has 0 aliphatic heterocycles. The van der Waals surface area contributed by atoms with Crippen molar-refractivity contribution in [2.45, 2.75) is 20.3 Å². The fraction of sp³-hybridized carbons (Fsp3) is 0.400. The standard InChI is InChI=1S/C15H21N3O4S/c1-4-21-10-6-7-12(22-5-2)11(8-10)15(23)18(3)17-14(20)9-13(16)19/h6-8H,4-5,9H2,1-3H3,(H2,16,19)(H,17,20). The van der Waals surface area contributed by atoms with Crippen LogP contribution >= 0.6 is 12.2 Å². The Morgan fingerprint density at radius 1 is 1.26 bits per heavy atom. The number of nitrogens with two attached hydrogens (primary N) is 1. The fourth-order valence-electron chi connectivity index (χ4n) is 1.83. The molecule has 126 valence electrons.